The summed E-state index contributed by atoms with van der Waals surface area (Å²) in [5.41, 5.74) is 0.808. The number of rotatable bonds is 7. The Morgan fingerprint density at radius 2 is 2.10 bits per heavy atom. The maximum Gasteiger partial charge on any atom is 0.249 e. The van der Waals surface area contributed by atoms with Crippen LogP contribution in [0.5, 0.6) is 5.75 Å². The summed E-state index contributed by atoms with van der Waals surface area (Å²) in [6, 6.07) is 7.60. The topological polar surface area (TPSA) is 72.0 Å². The second-order valence-corrected chi connectivity index (χ2v) is 4.27. The van der Waals surface area contributed by atoms with Gasteiger partial charge >= 0.3 is 0 Å². The number of hydrogen-bond acceptors (Lipinski definition) is 6. The maximum atomic E-state index is 5.27. The third-order valence-corrected chi connectivity index (χ3v) is 2.75. The summed E-state index contributed by atoms with van der Waals surface area (Å²) in [5, 5.41) is 14.2. The van der Waals surface area contributed by atoms with E-state index in [-0.39, 0.29) is 0 Å². The Bertz CT molecular complexity index is 547. The van der Waals surface area contributed by atoms with Crippen molar-refractivity contribution >= 4 is 17.5 Å². The van der Waals surface area contributed by atoms with Crippen LogP contribution < -0.4 is 15.4 Å². The fourth-order valence-corrected chi connectivity index (χ4v) is 1.70. The van der Waals surface area contributed by atoms with E-state index in [1.54, 1.807) is 13.3 Å². The van der Waals surface area contributed by atoms with E-state index in [1.807, 2.05) is 24.3 Å². The molecule has 0 saturated carbocycles. The van der Waals surface area contributed by atoms with Gasteiger partial charge in [0.1, 0.15) is 5.75 Å². The molecule has 0 saturated heterocycles. The van der Waals surface area contributed by atoms with Crippen molar-refractivity contribution in [2.24, 2.45) is 0 Å². The fraction of sp³-hybridized carbons (Fsp3) is 0.357. The van der Waals surface area contributed by atoms with Crippen molar-refractivity contribution in [2.45, 2.75) is 19.8 Å². The molecule has 0 amide bonds. The van der Waals surface area contributed by atoms with E-state index in [0.29, 0.717) is 11.8 Å². The number of benzene rings is 1. The number of unbranched alkanes of at least 4 members (excludes halogenated alkanes) is 1. The zero-order valence-corrected chi connectivity index (χ0v) is 11.8. The van der Waals surface area contributed by atoms with Crippen LogP contribution in [-0.4, -0.2) is 28.8 Å². The second-order valence-electron chi connectivity index (χ2n) is 4.27. The van der Waals surface area contributed by atoms with Gasteiger partial charge in [0.05, 0.1) is 19.0 Å². The van der Waals surface area contributed by atoms with E-state index >= 15 is 0 Å². The Morgan fingerprint density at radius 3 is 2.90 bits per heavy atom. The summed E-state index contributed by atoms with van der Waals surface area (Å²) < 4.78 is 5.27. The van der Waals surface area contributed by atoms with Gasteiger partial charge < -0.3 is 15.4 Å². The Labute approximate surface area is 118 Å². The molecule has 1 aromatic carbocycles. The molecule has 0 spiro atoms. The van der Waals surface area contributed by atoms with Gasteiger partial charge in [0.2, 0.25) is 5.95 Å². The number of aromatic nitrogens is 3. The predicted molar refractivity (Wildman–Crippen MR) is 79.5 cm³/mol. The van der Waals surface area contributed by atoms with Crippen LogP contribution in [0.25, 0.3) is 0 Å². The lowest BCUT2D eigenvalue weighted by molar-refractivity contribution is 0.417. The molecule has 0 unspecified atom stereocenters. The summed E-state index contributed by atoms with van der Waals surface area (Å²) in [7, 11) is 1.63. The van der Waals surface area contributed by atoms with Crippen LogP contribution in [0.15, 0.2) is 30.5 Å². The van der Waals surface area contributed by atoms with E-state index < -0.39 is 0 Å². The molecule has 0 bridgehead atoms. The van der Waals surface area contributed by atoms with Crippen LogP contribution in [0, 0.1) is 0 Å². The first-order chi connectivity index (χ1) is 9.83. The molecule has 2 N–H and O–H groups in total. The number of para-hydroxylation sites is 2. The van der Waals surface area contributed by atoms with Gasteiger partial charge in [-0.05, 0) is 18.6 Å². The quantitative estimate of drug-likeness (QED) is 0.756. The molecule has 0 fully saturated rings. The summed E-state index contributed by atoms with van der Waals surface area (Å²) in [4.78, 5) is 4.36. The Balaban J connectivity index is 2.07. The zero-order valence-electron chi connectivity index (χ0n) is 11.8. The standard InChI is InChI=1S/C14H19N5O/c1-3-4-9-15-13-10-16-19-14(18-13)17-11-7-5-6-8-12(11)20-2/h5-8,10H,3-4,9H2,1-2H3,(H2,15,17,18,19). The third-order valence-electron chi connectivity index (χ3n) is 2.75. The average Bonchev–Trinajstić information content (AvgIpc) is 2.48. The lowest BCUT2D eigenvalue weighted by Crippen LogP contribution is -2.07. The number of nitrogens with one attached hydrogen (secondary N) is 2. The first kappa shape index (κ1) is 14.0. The van der Waals surface area contributed by atoms with Crippen LogP contribution in [0.1, 0.15) is 19.8 Å². The van der Waals surface area contributed by atoms with Gasteiger partial charge in [0, 0.05) is 6.54 Å². The summed E-state index contributed by atoms with van der Waals surface area (Å²) in [6.45, 7) is 3.03. The van der Waals surface area contributed by atoms with Crippen LogP contribution in [0.4, 0.5) is 17.5 Å². The average molecular weight is 273 g/mol. The van der Waals surface area contributed by atoms with Gasteiger partial charge in [-0.15, -0.1) is 5.10 Å². The van der Waals surface area contributed by atoms with E-state index in [9.17, 15) is 0 Å². The van der Waals surface area contributed by atoms with Crippen LogP contribution >= 0.6 is 0 Å². The van der Waals surface area contributed by atoms with Crippen LogP contribution in [-0.2, 0) is 0 Å². The highest BCUT2D eigenvalue weighted by Crippen LogP contribution is 2.25. The molecule has 1 heterocycles. The number of anilines is 3. The number of methoxy groups -OCH3 is 1. The smallest absolute Gasteiger partial charge is 0.249 e. The summed E-state index contributed by atoms with van der Waals surface area (Å²) in [6.07, 6.45) is 3.85. The van der Waals surface area contributed by atoms with Crippen molar-refractivity contribution in [3.63, 3.8) is 0 Å². The van der Waals surface area contributed by atoms with Crippen molar-refractivity contribution in [1.82, 2.24) is 15.2 Å². The molecule has 0 aliphatic heterocycles. The minimum atomic E-state index is 0.441. The first-order valence-corrected chi connectivity index (χ1v) is 6.67. The molecule has 0 aliphatic rings. The summed E-state index contributed by atoms with van der Waals surface area (Å²) >= 11 is 0. The molecule has 106 valence electrons. The molecular weight excluding hydrogens is 254 g/mol. The predicted octanol–water partition coefficient (Wildman–Crippen LogP) is 2.84. The molecular formula is C14H19N5O. The molecule has 6 heteroatoms. The van der Waals surface area contributed by atoms with Crippen molar-refractivity contribution in [3.8, 4) is 5.75 Å². The molecule has 2 rings (SSSR count). The highest BCUT2D eigenvalue weighted by atomic mass is 16.5. The van der Waals surface area contributed by atoms with Gasteiger partial charge in [0.25, 0.3) is 0 Å². The van der Waals surface area contributed by atoms with Gasteiger partial charge in [-0.3, -0.25) is 0 Å². The minimum Gasteiger partial charge on any atom is -0.495 e. The maximum absolute atomic E-state index is 5.27. The first-order valence-electron chi connectivity index (χ1n) is 6.67. The lowest BCUT2D eigenvalue weighted by Gasteiger charge is -2.10. The normalized spacial score (nSPS) is 10.1. The van der Waals surface area contributed by atoms with Crippen molar-refractivity contribution < 1.29 is 4.74 Å². The van der Waals surface area contributed by atoms with Gasteiger partial charge in [-0.2, -0.15) is 10.1 Å². The van der Waals surface area contributed by atoms with Crippen LogP contribution in [0.3, 0.4) is 0 Å². The lowest BCUT2D eigenvalue weighted by atomic mass is 10.3. The van der Waals surface area contributed by atoms with E-state index in [0.717, 1.165) is 30.8 Å². The van der Waals surface area contributed by atoms with Crippen LogP contribution in [0.2, 0.25) is 0 Å². The monoisotopic (exact) mass is 273 g/mol. The number of ether oxygens (including phenoxy) is 1. The highest BCUT2D eigenvalue weighted by Gasteiger charge is 2.05. The Morgan fingerprint density at radius 1 is 1.25 bits per heavy atom. The molecule has 0 radical (unpaired) electrons. The number of nitrogens with zero attached hydrogens (tertiary/aromatic N) is 3. The SMILES string of the molecule is CCCCNc1cnnc(Nc2ccccc2OC)n1. The Kier molecular flexibility index (Phi) is 5.11. The fourth-order valence-electron chi connectivity index (χ4n) is 1.70. The van der Waals surface area contributed by atoms with E-state index in [4.69, 9.17) is 4.74 Å². The molecule has 6 nitrogen and oxygen atoms in total. The number of hydrogen-bond donors (Lipinski definition) is 2. The van der Waals surface area contributed by atoms with Gasteiger partial charge in [-0.25, -0.2) is 0 Å². The highest BCUT2D eigenvalue weighted by molar-refractivity contribution is 5.62. The van der Waals surface area contributed by atoms with E-state index in [2.05, 4.69) is 32.7 Å². The largest absolute Gasteiger partial charge is 0.495 e. The Hall–Kier alpha value is -2.37. The van der Waals surface area contributed by atoms with Gasteiger partial charge in [0.15, 0.2) is 5.82 Å². The second kappa shape index (κ2) is 7.28. The van der Waals surface area contributed by atoms with Gasteiger partial charge in [-0.1, -0.05) is 25.5 Å². The molecule has 2 aromatic rings. The van der Waals surface area contributed by atoms with Crippen molar-refractivity contribution in [3.05, 3.63) is 30.5 Å². The van der Waals surface area contributed by atoms with Crippen molar-refractivity contribution in [1.29, 1.82) is 0 Å². The van der Waals surface area contributed by atoms with E-state index in [1.165, 1.54) is 0 Å². The molecule has 20 heavy (non-hydrogen) atoms. The van der Waals surface area contributed by atoms with Crippen molar-refractivity contribution in [2.75, 3.05) is 24.3 Å². The molecule has 1 aromatic heterocycles. The minimum absolute atomic E-state index is 0.441. The summed E-state index contributed by atoms with van der Waals surface area (Å²) in [5.74, 6) is 1.89. The molecule has 0 aliphatic carbocycles. The zero-order chi connectivity index (χ0) is 14.2. The molecule has 0 atom stereocenters. The third kappa shape index (κ3) is 3.81.